The van der Waals surface area contributed by atoms with Gasteiger partial charge in [-0.3, -0.25) is 4.99 Å². The Hall–Kier alpha value is -3.14. The van der Waals surface area contributed by atoms with Crippen LogP contribution in [0.25, 0.3) is 16.3 Å². The Morgan fingerprint density at radius 1 is 1.15 bits per heavy atom. The van der Waals surface area contributed by atoms with Crippen LogP contribution in [0.5, 0.6) is 5.75 Å². The largest absolute Gasteiger partial charge is 0.504 e. The zero-order valence-electron chi connectivity index (χ0n) is 14.7. The number of phenols is 1. The van der Waals surface area contributed by atoms with Crippen LogP contribution in [0.3, 0.4) is 0 Å². The molecule has 2 aliphatic rings. The van der Waals surface area contributed by atoms with Crippen molar-refractivity contribution in [2.45, 2.75) is 13.0 Å². The molecule has 0 aliphatic carbocycles. The fourth-order valence-corrected chi connectivity index (χ4v) is 3.96. The summed E-state index contributed by atoms with van der Waals surface area (Å²) in [5.41, 5.74) is 3.87. The molecule has 2 heterocycles. The molecule has 0 saturated heterocycles. The Balaban J connectivity index is 1.58. The standard InChI is InChI=1S/C22H19N3O/c1-25-10-9-16-13-24-21-20(16)19(25)11-18(22(21)26)23-12-15-7-4-6-14-5-2-3-8-17(14)15/h2-8,11,13H,9-10,12H2,1H3,(H,23,24,26)/p+1. The van der Waals surface area contributed by atoms with Gasteiger partial charge in [0.25, 0.3) is 0 Å². The van der Waals surface area contributed by atoms with Crippen LogP contribution in [0.15, 0.2) is 53.5 Å². The first-order valence-corrected chi connectivity index (χ1v) is 8.94. The number of nitrogens with zero attached hydrogens (tertiary/aromatic N) is 2. The van der Waals surface area contributed by atoms with E-state index < -0.39 is 0 Å². The van der Waals surface area contributed by atoms with Crippen molar-refractivity contribution >= 4 is 33.9 Å². The topological polar surface area (TPSA) is 47.6 Å². The lowest BCUT2D eigenvalue weighted by Gasteiger charge is -2.13. The molecular formula is C22H20N3O+. The Bertz CT molecular complexity index is 1200. The van der Waals surface area contributed by atoms with Crippen molar-refractivity contribution in [3.8, 4) is 5.75 Å². The summed E-state index contributed by atoms with van der Waals surface area (Å²) in [6.45, 7) is 1.62. The van der Waals surface area contributed by atoms with Crippen LogP contribution in [0.1, 0.15) is 12.0 Å². The maximum absolute atomic E-state index is 10.7. The third-order valence-corrected chi connectivity index (χ3v) is 5.40. The molecule has 2 aliphatic heterocycles. The molecule has 3 aromatic carbocycles. The summed E-state index contributed by atoms with van der Waals surface area (Å²) in [5, 5.41) is 18.8. The van der Waals surface area contributed by atoms with E-state index in [0.717, 1.165) is 29.2 Å². The van der Waals surface area contributed by atoms with E-state index in [9.17, 15) is 5.11 Å². The number of hydrogen-bond donors (Lipinski definition) is 2. The van der Waals surface area contributed by atoms with Crippen molar-refractivity contribution in [1.82, 2.24) is 4.58 Å². The second kappa shape index (κ2) is 5.70. The van der Waals surface area contributed by atoms with Crippen LogP contribution >= 0.6 is 0 Å². The summed E-state index contributed by atoms with van der Waals surface area (Å²) in [6, 6.07) is 16.7. The van der Waals surface area contributed by atoms with E-state index in [1.54, 1.807) is 0 Å². The molecule has 0 spiro atoms. The lowest BCUT2D eigenvalue weighted by molar-refractivity contribution is 0.477. The van der Waals surface area contributed by atoms with Gasteiger partial charge in [-0.05, 0) is 21.9 Å². The smallest absolute Gasteiger partial charge is 0.211 e. The summed E-state index contributed by atoms with van der Waals surface area (Å²) in [5.74, 6) is 0.241. The molecule has 0 amide bonds. The van der Waals surface area contributed by atoms with Gasteiger partial charge in [0.15, 0.2) is 5.75 Å². The van der Waals surface area contributed by atoms with E-state index in [-0.39, 0.29) is 5.75 Å². The molecule has 0 atom stereocenters. The quantitative estimate of drug-likeness (QED) is 0.568. The summed E-state index contributed by atoms with van der Waals surface area (Å²) in [7, 11) is 2.09. The molecule has 2 N–H and O–H groups in total. The van der Waals surface area contributed by atoms with Gasteiger partial charge in [-0.1, -0.05) is 42.5 Å². The van der Waals surface area contributed by atoms with E-state index in [4.69, 9.17) is 0 Å². The van der Waals surface area contributed by atoms with Crippen LogP contribution in [-0.2, 0) is 6.54 Å². The van der Waals surface area contributed by atoms with Gasteiger partial charge in [0.2, 0.25) is 5.36 Å². The minimum Gasteiger partial charge on any atom is -0.504 e. The molecular weight excluding hydrogens is 322 g/mol. The monoisotopic (exact) mass is 342 g/mol. The van der Waals surface area contributed by atoms with Crippen LogP contribution < -0.4 is 20.5 Å². The lowest BCUT2D eigenvalue weighted by Crippen LogP contribution is -2.43. The first-order chi connectivity index (χ1) is 12.7. The van der Waals surface area contributed by atoms with Crippen LogP contribution in [0, 0.1) is 0 Å². The van der Waals surface area contributed by atoms with Crippen molar-refractivity contribution in [3.63, 3.8) is 0 Å². The number of fused-ring (bicyclic) bond motifs is 1. The van der Waals surface area contributed by atoms with Crippen molar-refractivity contribution in [2.75, 3.05) is 18.9 Å². The van der Waals surface area contributed by atoms with Gasteiger partial charge in [-0.25, -0.2) is 4.58 Å². The van der Waals surface area contributed by atoms with Gasteiger partial charge < -0.3 is 10.4 Å². The fraction of sp³-hybridized carbons (Fsp3) is 0.182. The van der Waals surface area contributed by atoms with Crippen molar-refractivity contribution in [1.29, 1.82) is 0 Å². The molecule has 26 heavy (non-hydrogen) atoms. The maximum Gasteiger partial charge on any atom is 0.211 e. The van der Waals surface area contributed by atoms with Crippen molar-refractivity contribution in [3.05, 3.63) is 64.7 Å². The Kier molecular flexibility index (Phi) is 3.32. The first-order valence-electron chi connectivity index (χ1n) is 8.94. The average molecular weight is 342 g/mol. The van der Waals surface area contributed by atoms with Gasteiger partial charge >= 0.3 is 0 Å². The van der Waals surface area contributed by atoms with Crippen LogP contribution in [0.2, 0.25) is 0 Å². The van der Waals surface area contributed by atoms with Crippen molar-refractivity contribution < 1.29 is 5.11 Å². The number of aliphatic imine (C=N–C) groups is 1. The van der Waals surface area contributed by atoms with E-state index >= 15 is 0 Å². The van der Waals surface area contributed by atoms with Crippen LogP contribution in [-0.4, -0.2) is 24.9 Å². The van der Waals surface area contributed by atoms with E-state index in [2.05, 4.69) is 64.4 Å². The molecule has 3 aromatic rings. The number of hydrogen-bond acceptors (Lipinski definition) is 3. The summed E-state index contributed by atoms with van der Waals surface area (Å²) >= 11 is 0. The minimum absolute atomic E-state index is 0.241. The van der Waals surface area contributed by atoms with E-state index in [1.165, 1.54) is 21.9 Å². The average Bonchev–Trinajstić information content (AvgIpc) is 3.10. The Labute approximate surface area is 151 Å². The molecule has 0 radical (unpaired) electrons. The zero-order chi connectivity index (χ0) is 17.7. The summed E-state index contributed by atoms with van der Waals surface area (Å²) in [4.78, 5) is 4.47. The molecule has 4 nitrogen and oxygen atoms in total. The highest BCUT2D eigenvalue weighted by Gasteiger charge is 2.23. The highest BCUT2D eigenvalue weighted by atomic mass is 16.3. The number of rotatable bonds is 3. The van der Waals surface area contributed by atoms with Crippen LogP contribution in [0.4, 0.5) is 11.4 Å². The van der Waals surface area contributed by atoms with E-state index in [0.29, 0.717) is 12.2 Å². The highest BCUT2D eigenvalue weighted by molar-refractivity contribution is 6.08. The van der Waals surface area contributed by atoms with Crippen molar-refractivity contribution in [2.24, 2.45) is 4.99 Å². The molecule has 0 saturated carbocycles. The second-order valence-corrected chi connectivity index (χ2v) is 6.96. The first kappa shape index (κ1) is 15.1. The number of nitrogens with one attached hydrogen (secondary N) is 1. The third-order valence-electron chi connectivity index (χ3n) is 5.40. The molecule has 0 aromatic heterocycles. The summed E-state index contributed by atoms with van der Waals surface area (Å²) < 4.78 is 2.24. The van der Waals surface area contributed by atoms with Gasteiger partial charge in [0, 0.05) is 25.2 Å². The number of anilines is 1. The zero-order valence-corrected chi connectivity index (χ0v) is 14.7. The molecule has 4 heteroatoms. The molecule has 0 bridgehead atoms. The van der Waals surface area contributed by atoms with Gasteiger partial charge in [-0.15, -0.1) is 0 Å². The predicted molar refractivity (Wildman–Crippen MR) is 107 cm³/mol. The number of phenolic OH excluding ortho intramolecular Hbond substituents is 1. The number of aromatic hydroxyl groups is 1. The van der Waals surface area contributed by atoms with Gasteiger partial charge in [-0.2, -0.15) is 0 Å². The molecule has 5 rings (SSSR count). The van der Waals surface area contributed by atoms with Gasteiger partial charge in [0.05, 0.1) is 10.9 Å². The lowest BCUT2D eigenvalue weighted by atomic mass is 10.0. The minimum atomic E-state index is 0.241. The molecule has 128 valence electrons. The Morgan fingerprint density at radius 3 is 2.92 bits per heavy atom. The molecule has 0 unspecified atom stereocenters. The molecule has 0 fully saturated rings. The normalized spacial score (nSPS) is 14.8. The maximum atomic E-state index is 10.7. The number of benzene rings is 3. The predicted octanol–water partition coefficient (Wildman–Crippen LogP) is 2.55. The fourth-order valence-electron chi connectivity index (χ4n) is 3.96. The van der Waals surface area contributed by atoms with Gasteiger partial charge in [0.1, 0.15) is 19.3 Å². The third kappa shape index (κ3) is 2.22. The highest BCUT2D eigenvalue weighted by Crippen LogP contribution is 2.33. The van der Waals surface area contributed by atoms with E-state index in [1.807, 2.05) is 12.3 Å². The summed E-state index contributed by atoms with van der Waals surface area (Å²) in [6.07, 6.45) is 2.87. The Morgan fingerprint density at radius 2 is 2.00 bits per heavy atom. The second-order valence-electron chi connectivity index (χ2n) is 6.96. The SMILES string of the molecule is C[N+]1=c2cc(NCc3cccc4ccccc34)c(O)c3c2=C(C=N3)CC1.